The van der Waals surface area contributed by atoms with Crippen molar-refractivity contribution in [2.24, 2.45) is 5.92 Å². The van der Waals surface area contributed by atoms with Gasteiger partial charge in [-0.2, -0.15) is 5.26 Å². The van der Waals surface area contributed by atoms with Crippen LogP contribution in [0.2, 0.25) is 0 Å². The van der Waals surface area contributed by atoms with E-state index in [0.29, 0.717) is 44.0 Å². The van der Waals surface area contributed by atoms with E-state index >= 15 is 0 Å². The Labute approximate surface area is 179 Å². The van der Waals surface area contributed by atoms with Crippen molar-refractivity contribution < 1.29 is 19.1 Å². The summed E-state index contributed by atoms with van der Waals surface area (Å²) in [6.45, 7) is 4.79. The van der Waals surface area contributed by atoms with Gasteiger partial charge in [0.15, 0.2) is 0 Å². The van der Waals surface area contributed by atoms with E-state index in [9.17, 15) is 19.6 Å². The quantitative estimate of drug-likeness (QED) is 0.406. The summed E-state index contributed by atoms with van der Waals surface area (Å²) in [4.78, 5) is 44.1. The molecule has 31 heavy (non-hydrogen) atoms. The first-order chi connectivity index (χ1) is 14.9. The van der Waals surface area contributed by atoms with Crippen molar-refractivity contribution in [2.75, 3.05) is 31.7 Å². The Kier molecular flexibility index (Phi) is 6.70. The molecule has 9 heteroatoms. The molecular weight excluding hydrogens is 400 g/mol. The Hall–Kier alpha value is -3.67. The van der Waals surface area contributed by atoms with E-state index in [-0.39, 0.29) is 23.0 Å². The van der Waals surface area contributed by atoms with Gasteiger partial charge in [0.05, 0.1) is 25.2 Å². The predicted molar refractivity (Wildman–Crippen MR) is 113 cm³/mol. The molecule has 0 aliphatic carbocycles. The number of fused-ring (bicyclic) bond motifs is 1. The average Bonchev–Trinajstić information content (AvgIpc) is 2.78. The number of anilines is 1. The minimum Gasteiger partial charge on any atom is -0.466 e. The lowest BCUT2D eigenvalue weighted by Gasteiger charge is -2.33. The fourth-order valence-electron chi connectivity index (χ4n) is 3.68. The van der Waals surface area contributed by atoms with E-state index in [1.807, 2.05) is 17.9 Å². The molecule has 1 atom stereocenters. The Bertz CT molecular complexity index is 1150. The van der Waals surface area contributed by atoms with Crippen LogP contribution in [0.5, 0.6) is 0 Å². The van der Waals surface area contributed by atoms with Crippen LogP contribution in [0.4, 0.5) is 5.82 Å². The number of aromatic nitrogens is 2. The van der Waals surface area contributed by atoms with Crippen LogP contribution < -0.4 is 10.5 Å². The van der Waals surface area contributed by atoms with Gasteiger partial charge in [-0.3, -0.25) is 14.0 Å². The SMILES string of the molecule is CCOC(=O)[C@H]1CCCN(c2nc3c(C)cccn3c(=O)c2/C=C(\C#N)C(=O)OC)C1. The third-order valence-corrected chi connectivity index (χ3v) is 5.22. The number of carbonyl (C=O) groups is 2. The van der Waals surface area contributed by atoms with Crippen LogP contribution in [0.1, 0.15) is 30.9 Å². The number of hydrogen-bond donors (Lipinski definition) is 0. The summed E-state index contributed by atoms with van der Waals surface area (Å²) in [7, 11) is 1.16. The molecule has 0 aromatic carbocycles. The highest BCUT2D eigenvalue weighted by Gasteiger charge is 2.30. The third kappa shape index (κ3) is 4.43. The molecule has 0 bridgehead atoms. The zero-order chi connectivity index (χ0) is 22.5. The largest absolute Gasteiger partial charge is 0.466 e. The van der Waals surface area contributed by atoms with Crippen LogP contribution in [-0.2, 0) is 19.1 Å². The van der Waals surface area contributed by atoms with E-state index in [4.69, 9.17) is 9.72 Å². The number of aryl methyl sites for hydroxylation is 1. The number of ether oxygens (including phenoxy) is 2. The molecule has 0 amide bonds. The molecular formula is C22H24N4O5. The Morgan fingerprint density at radius 1 is 1.42 bits per heavy atom. The third-order valence-electron chi connectivity index (χ3n) is 5.22. The number of esters is 2. The van der Waals surface area contributed by atoms with E-state index in [2.05, 4.69) is 4.74 Å². The molecule has 9 nitrogen and oxygen atoms in total. The Balaban J connectivity index is 2.19. The monoisotopic (exact) mass is 424 g/mol. The molecule has 162 valence electrons. The number of methoxy groups -OCH3 is 1. The summed E-state index contributed by atoms with van der Waals surface area (Å²) in [5.41, 5.74) is 0.626. The number of hydrogen-bond acceptors (Lipinski definition) is 8. The van der Waals surface area contributed by atoms with Gasteiger partial charge in [-0.1, -0.05) is 6.07 Å². The Morgan fingerprint density at radius 2 is 2.19 bits per heavy atom. The first-order valence-electron chi connectivity index (χ1n) is 10.0. The molecule has 1 fully saturated rings. The fourth-order valence-corrected chi connectivity index (χ4v) is 3.68. The average molecular weight is 424 g/mol. The number of piperidine rings is 1. The lowest BCUT2D eigenvalue weighted by molar-refractivity contribution is -0.148. The van der Waals surface area contributed by atoms with Crippen LogP contribution >= 0.6 is 0 Å². The predicted octanol–water partition coefficient (Wildman–Crippen LogP) is 1.86. The first-order valence-corrected chi connectivity index (χ1v) is 10.0. The Morgan fingerprint density at radius 3 is 2.87 bits per heavy atom. The highest BCUT2D eigenvalue weighted by Crippen LogP contribution is 2.26. The number of rotatable bonds is 5. The van der Waals surface area contributed by atoms with E-state index in [1.54, 1.807) is 25.3 Å². The fraction of sp³-hybridized carbons (Fsp3) is 0.409. The van der Waals surface area contributed by atoms with Gasteiger partial charge in [-0.25, -0.2) is 9.78 Å². The van der Waals surface area contributed by atoms with Gasteiger partial charge in [0.2, 0.25) is 0 Å². The van der Waals surface area contributed by atoms with Gasteiger partial charge in [-0.15, -0.1) is 0 Å². The molecule has 0 unspecified atom stereocenters. The number of carbonyl (C=O) groups excluding carboxylic acids is 2. The van der Waals surface area contributed by atoms with Gasteiger partial charge in [-0.05, 0) is 44.4 Å². The molecule has 1 saturated heterocycles. The lowest BCUT2D eigenvalue weighted by atomic mass is 9.97. The normalized spacial score (nSPS) is 16.6. The second kappa shape index (κ2) is 9.43. The molecule has 0 radical (unpaired) electrons. The van der Waals surface area contributed by atoms with E-state index in [1.165, 1.54) is 10.5 Å². The minimum atomic E-state index is -0.842. The first kappa shape index (κ1) is 22.0. The van der Waals surface area contributed by atoms with Crippen molar-refractivity contribution in [2.45, 2.75) is 26.7 Å². The van der Waals surface area contributed by atoms with Crippen molar-refractivity contribution in [1.82, 2.24) is 9.38 Å². The standard InChI is InChI=1S/C22H24N4O5/c1-4-31-22(29)15-8-6-9-25(13-15)19-17(11-16(12-23)21(28)30-3)20(27)26-10-5-7-14(2)18(26)24-19/h5,7,10-11,15H,4,6,8-9,13H2,1-3H3/b16-11+/t15-/m0/s1. The van der Waals surface area contributed by atoms with Crippen LogP contribution in [0.3, 0.4) is 0 Å². The second-order valence-corrected chi connectivity index (χ2v) is 7.24. The highest BCUT2D eigenvalue weighted by atomic mass is 16.5. The number of nitrogens with zero attached hydrogens (tertiary/aromatic N) is 4. The molecule has 0 N–H and O–H groups in total. The van der Waals surface area contributed by atoms with Gasteiger partial charge < -0.3 is 14.4 Å². The molecule has 0 spiro atoms. The molecule has 3 heterocycles. The van der Waals surface area contributed by atoms with Crippen LogP contribution in [0, 0.1) is 24.2 Å². The summed E-state index contributed by atoms with van der Waals surface area (Å²) in [5.74, 6) is -1.15. The van der Waals surface area contributed by atoms with Crippen molar-refractivity contribution in [1.29, 1.82) is 5.26 Å². The summed E-state index contributed by atoms with van der Waals surface area (Å²) in [5, 5.41) is 9.39. The van der Waals surface area contributed by atoms with E-state index < -0.39 is 11.5 Å². The summed E-state index contributed by atoms with van der Waals surface area (Å²) in [6, 6.07) is 5.34. The van der Waals surface area contributed by atoms with Gasteiger partial charge in [0.25, 0.3) is 5.56 Å². The zero-order valence-corrected chi connectivity index (χ0v) is 17.8. The van der Waals surface area contributed by atoms with Gasteiger partial charge >= 0.3 is 11.9 Å². The smallest absolute Gasteiger partial charge is 0.348 e. The maximum absolute atomic E-state index is 13.3. The van der Waals surface area contributed by atoms with Crippen molar-refractivity contribution in [3.63, 3.8) is 0 Å². The second-order valence-electron chi connectivity index (χ2n) is 7.24. The topological polar surface area (TPSA) is 114 Å². The molecule has 1 aliphatic heterocycles. The van der Waals surface area contributed by atoms with Gasteiger partial charge in [0, 0.05) is 19.3 Å². The summed E-state index contributed by atoms with van der Waals surface area (Å²) < 4.78 is 11.2. The maximum atomic E-state index is 13.3. The molecule has 2 aromatic rings. The van der Waals surface area contributed by atoms with Gasteiger partial charge in [0.1, 0.15) is 23.1 Å². The maximum Gasteiger partial charge on any atom is 0.348 e. The summed E-state index contributed by atoms with van der Waals surface area (Å²) in [6.07, 6.45) is 4.18. The number of pyridine rings is 1. The van der Waals surface area contributed by atoms with Crippen molar-refractivity contribution >= 4 is 29.5 Å². The van der Waals surface area contributed by atoms with Crippen LogP contribution in [-0.4, -0.2) is 48.1 Å². The lowest BCUT2D eigenvalue weighted by Crippen LogP contribution is -2.41. The van der Waals surface area contributed by atoms with Crippen molar-refractivity contribution in [3.8, 4) is 6.07 Å². The molecule has 0 saturated carbocycles. The van der Waals surface area contributed by atoms with E-state index in [0.717, 1.165) is 12.7 Å². The van der Waals surface area contributed by atoms with Crippen LogP contribution in [0.25, 0.3) is 11.7 Å². The molecule has 2 aromatic heterocycles. The molecule has 1 aliphatic rings. The van der Waals surface area contributed by atoms with Crippen molar-refractivity contribution in [3.05, 3.63) is 45.4 Å². The zero-order valence-electron chi connectivity index (χ0n) is 17.8. The molecule has 3 rings (SSSR count). The summed E-state index contributed by atoms with van der Waals surface area (Å²) >= 11 is 0. The highest BCUT2D eigenvalue weighted by molar-refractivity contribution is 5.98. The van der Waals surface area contributed by atoms with Crippen LogP contribution in [0.15, 0.2) is 28.7 Å². The minimum absolute atomic E-state index is 0.0922. The number of nitriles is 1.